The molecule has 5 rings (SSSR count). The van der Waals surface area contributed by atoms with Crippen LogP contribution in [0.1, 0.15) is 26.5 Å². The number of anilines is 1. The summed E-state index contributed by atoms with van der Waals surface area (Å²) < 4.78 is 9.22. The third kappa shape index (κ3) is 4.96. The van der Waals surface area contributed by atoms with Crippen molar-refractivity contribution in [1.82, 2.24) is 24.5 Å². The average molecular weight is 499 g/mol. The minimum atomic E-state index is -0.167. The van der Waals surface area contributed by atoms with E-state index in [0.29, 0.717) is 22.6 Å². The van der Waals surface area contributed by atoms with E-state index in [-0.39, 0.29) is 17.1 Å². The molecule has 0 unspecified atom stereocenters. The number of amides is 1. The molecule has 1 amide bonds. The molecule has 0 saturated carbocycles. The van der Waals surface area contributed by atoms with E-state index in [0.717, 1.165) is 17.1 Å². The van der Waals surface area contributed by atoms with Crippen LogP contribution in [0.2, 0.25) is 0 Å². The molecule has 0 aliphatic heterocycles. The Balaban J connectivity index is 1.39. The van der Waals surface area contributed by atoms with Crippen molar-refractivity contribution in [1.29, 1.82) is 0 Å². The highest BCUT2D eigenvalue weighted by molar-refractivity contribution is 7.99. The number of carbonyl (C=O) groups excluding carboxylic acids is 1. The van der Waals surface area contributed by atoms with E-state index in [1.165, 1.54) is 11.8 Å². The van der Waals surface area contributed by atoms with Gasteiger partial charge in [0.25, 0.3) is 0 Å². The van der Waals surface area contributed by atoms with Crippen molar-refractivity contribution < 1.29 is 9.21 Å². The second-order valence-corrected chi connectivity index (χ2v) is 10.1. The summed E-state index contributed by atoms with van der Waals surface area (Å²) in [7, 11) is 0. The SMILES string of the molecule is CC(C)(C)c1cc(NC(=O)CSc2nnc(-c3ccco3)n2-c2ccccc2)n(-c2ccccc2)n1. The Kier molecular flexibility index (Phi) is 6.47. The van der Waals surface area contributed by atoms with Crippen LogP contribution in [0.15, 0.2) is 94.7 Å². The third-order valence-corrected chi connectivity index (χ3v) is 6.40. The summed E-state index contributed by atoms with van der Waals surface area (Å²) in [5.74, 6) is 1.78. The van der Waals surface area contributed by atoms with Gasteiger partial charge in [0.2, 0.25) is 11.7 Å². The van der Waals surface area contributed by atoms with Crippen LogP contribution >= 0.6 is 11.8 Å². The highest BCUT2D eigenvalue weighted by Crippen LogP contribution is 2.29. The zero-order chi connectivity index (χ0) is 25.1. The smallest absolute Gasteiger partial charge is 0.236 e. The van der Waals surface area contributed by atoms with Crippen molar-refractivity contribution in [2.75, 3.05) is 11.1 Å². The maximum absolute atomic E-state index is 13.1. The van der Waals surface area contributed by atoms with E-state index in [4.69, 9.17) is 9.52 Å². The molecule has 0 aliphatic rings. The molecule has 2 aromatic carbocycles. The molecular formula is C27H26N6O2S. The lowest BCUT2D eigenvalue weighted by Crippen LogP contribution is -2.17. The van der Waals surface area contributed by atoms with E-state index in [9.17, 15) is 4.79 Å². The van der Waals surface area contributed by atoms with Crippen LogP contribution in [0.3, 0.4) is 0 Å². The number of thioether (sulfide) groups is 1. The summed E-state index contributed by atoms with van der Waals surface area (Å²) in [5, 5.41) is 17.1. The molecule has 8 nitrogen and oxygen atoms in total. The fraction of sp³-hybridized carbons (Fsp3) is 0.185. The van der Waals surface area contributed by atoms with Gasteiger partial charge < -0.3 is 9.73 Å². The Bertz CT molecular complexity index is 1450. The molecule has 36 heavy (non-hydrogen) atoms. The molecule has 0 atom stereocenters. The fourth-order valence-corrected chi connectivity index (χ4v) is 4.40. The first-order valence-electron chi connectivity index (χ1n) is 11.5. The zero-order valence-corrected chi connectivity index (χ0v) is 21.1. The molecule has 0 radical (unpaired) electrons. The van der Waals surface area contributed by atoms with Crippen LogP contribution in [-0.2, 0) is 10.2 Å². The second kappa shape index (κ2) is 9.87. The normalized spacial score (nSPS) is 11.5. The van der Waals surface area contributed by atoms with Crippen LogP contribution < -0.4 is 5.32 Å². The monoisotopic (exact) mass is 498 g/mol. The molecule has 0 spiro atoms. The first kappa shape index (κ1) is 23.6. The number of benzene rings is 2. The maximum atomic E-state index is 13.1. The molecule has 3 heterocycles. The van der Waals surface area contributed by atoms with Crippen molar-refractivity contribution in [2.24, 2.45) is 0 Å². The van der Waals surface area contributed by atoms with Gasteiger partial charge in [-0.1, -0.05) is 68.9 Å². The summed E-state index contributed by atoms with van der Waals surface area (Å²) >= 11 is 1.31. The fourth-order valence-electron chi connectivity index (χ4n) is 3.65. The molecular weight excluding hydrogens is 472 g/mol. The van der Waals surface area contributed by atoms with Crippen LogP contribution in [0.25, 0.3) is 23.0 Å². The topological polar surface area (TPSA) is 90.8 Å². The number of hydrogen-bond donors (Lipinski definition) is 1. The number of rotatable bonds is 7. The Morgan fingerprint density at radius 1 is 0.944 bits per heavy atom. The van der Waals surface area contributed by atoms with Gasteiger partial charge in [0, 0.05) is 17.2 Å². The lowest BCUT2D eigenvalue weighted by Gasteiger charge is -2.14. The van der Waals surface area contributed by atoms with Gasteiger partial charge >= 0.3 is 0 Å². The quantitative estimate of drug-likeness (QED) is 0.288. The first-order chi connectivity index (χ1) is 17.4. The van der Waals surface area contributed by atoms with E-state index in [2.05, 4.69) is 36.3 Å². The Morgan fingerprint density at radius 3 is 2.28 bits per heavy atom. The van der Waals surface area contributed by atoms with Gasteiger partial charge in [-0.15, -0.1) is 10.2 Å². The highest BCUT2D eigenvalue weighted by atomic mass is 32.2. The van der Waals surface area contributed by atoms with Crippen molar-refractivity contribution in [3.8, 4) is 23.0 Å². The Labute approximate surface area is 213 Å². The molecule has 5 aromatic rings. The highest BCUT2D eigenvalue weighted by Gasteiger charge is 2.23. The second-order valence-electron chi connectivity index (χ2n) is 9.20. The Hall–Kier alpha value is -4.11. The number of carbonyl (C=O) groups is 1. The number of aromatic nitrogens is 5. The summed E-state index contributed by atoms with van der Waals surface area (Å²) in [4.78, 5) is 13.1. The van der Waals surface area contributed by atoms with Gasteiger partial charge in [0.1, 0.15) is 5.82 Å². The van der Waals surface area contributed by atoms with Gasteiger partial charge in [-0.3, -0.25) is 9.36 Å². The zero-order valence-electron chi connectivity index (χ0n) is 20.3. The van der Waals surface area contributed by atoms with Gasteiger partial charge in [0.05, 0.1) is 23.4 Å². The average Bonchev–Trinajstić information content (AvgIpc) is 3.63. The van der Waals surface area contributed by atoms with Crippen LogP contribution in [0, 0.1) is 0 Å². The Morgan fingerprint density at radius 2 is 1.64 bits per heavy atom. The number of nitrogens with one attached hydrogen (secondary N) is 1. The largest absolute Gasteiger partial charge is 0.461 e. The number of para-hydroxylation sites is 2. The molecule has 0 fully saturated rings. The molecule has 3 aromatic heterocycles. The molecule has 1 N–H and O–H groups in total. The van der Waals surface area contributed by atoms with E-state index < -0.39 is 0 Å². The molecule has 182 valence electrons. The third-order valence-electron chi connectivity index (χ3n) is 5.47. The first-order valence-corrected chi connectivity index (χ1v) is 12.5. The van der Waals surface area contributed by atoms with Crippen LogP contribution in [0.4, 0.5) is 5.82 Å². The summed E-state index contributed by atoms with van der Waals surface area (Å²) in [6.45, 7) is 6.29. The minimum Gasteiger partial charge on any atom is -0.461 e. The number of nitrogens with zero attached hydrogens (tertiary/aromatic N) is 5. The predicted molar refractivity (Wildman–Crippen MR) is 141 cm³/mol. The van der Waals surface area contributed by atoms with Crippen molar-refractivity contribution >= 4 is 23.5 Å². The van der Waals surface area contributed by atoms with E-state index in [1.54, 1.807) is 17.0 Å². The lowest BCUT2D eigenvalue weighted by molar-refractivity contribution is -0.113. The molecule has 9 heteroatoms. The van der Waals surface area contributed by atoms with Crippen LogP contribution in [-0.4, -0.2) is 36.2 Å². The van der Waals surface area contributed by atoms with Gasteiger partial charge in [0.15, 0.2) is 10.9 Å². The molecule has 0 aliphatic carbocycles. The molecule has 0 saturated heterocycles. The van der Waals surface area contributed by atoms with Crippen molar-refractivity contribution in [3.63, 3.8) is 0 Å². The van der Waals surface area contributed by atoms with Crippen molar-refractivity contribution in [3.05, 3.63) is 90.8 Å². The summed E-state index contributed by atoms with van der Waals surface area (Å²) in [6.07, 6.45) is 1.60. The van der Waals surface area contributed by atoms with Crippen molar-refractivity contribution in [2.45, 2.75) is 31.3 Å². The van der Waals surface area contributed by atoms with Crippen LogP contribution in [0.5, 0.6) is 0 Å². The number of furan rings is 1. The van der Waals surface area contributed by atoms with Gasteiger partial charge in [-0.2, -0.15) is 5.10 Å². The number of hydrogen-bond acceptors (Lipinski definition) is 6. The van der Waals surface area contributed by atoms with E-state index >= 15 is 0 Å². The van der Waals surface area contributed by atoms with Gasteiger partial charge in [-0.25, -0.2) is 4.68 Å². The predicted octanol–water partition coefficient (Wildman–Crippen LogP) is 5.74. The minimum absolute atomic E-state index is 0.147. The lowest BCUT2D eigenvalue weighted by atomic mass is 9.92. The van der Waals surface area contributed by atoms with Gasteiger partial charge in [-0.05, 0) is 36.4 Å². The summed E-state index contributed by atoms with van der Waals surface area (Å²) in [5.41, 5.74) is 2.49. The maximum Gasteiger partial charge on any atom is 0.236 e. The molecule has 0 bridgehead atoms. The van der Waals surface area contributed by atoms with E-state index in [1.807, 2.05) is 77.4 Å². The summed E-state index contributed by atoms with van der Waals surface area (Å²) in [6, 6.07) is 25.1. The standard InChI is InChI=1S/C27H26N6O2S/c1-27(2,3)22-17-23(33(31-22)20-13-8-5-9-14-20)28-24(34)18-36-26-30-29-25(21-15-10-16-35-21)32(26)19-11-6-4-7-12-19/h4-17H,18H2,1-3H3,(H,28,34).